The summed E-state index contributed by atoms with van der Waals surface area (Å²) in [5.74, 6) is 0.390. The van der Waals surface area contributed by atoms with Gasteiger partial charge in [-0.05, 0) is 43.9 Å². The molecular formula is C14H18ClNO3. The van der Waals surface area contributed by atoms with Crippen molar-refractivity contribution in [2.45, 2.75) is 38.4 Å². The minimum Gasteiger partial charge on any atom is -0.479 e. The molecule has 2 N–H and O–H groups in total. The number of aliphatic hydroxyl groups excluding tert-OH is 1. The molecule has 1 fully saturated rings. The Morgan fingerprint density at radius 3 is 2.95 bits per heavy atom. The molecule has 0 bridgehead atoms. The molecule has 0 aliphatic carbocycles. The Morgan fingerprint density at radius 1 is 1.47 bits per heavy atom. The molecule has 19 heavy (non-hydrogen) atoms. The summed E-state index contributed by atoms with van der Waals surface area (Å²) in [5.41, 5.74) is 0.725. The van der Waals surface area contributed by atoms with E-state index in [1.165, 1.54) is 0 Å². The fourth-order valence-electron chi connectivity index (χ4n) is 2.05. The molecule has 0 saturated carbocycles. The molecule has 5 heteroatoms. The molecule has 1 aliphatic rings. The first-order valence-electron chi connectivity index (χ1n) is 6.50. The summed E-state index contributed by atoms with van der Waals surface area (Å²) < 4.78 is 5.69. The lowest BCUT2D eigenvalue weighted by atomic mass is 10.1. The summed E-state index contributed by atoms with van der Waals surface area (Å²) >= 11 is 6.11. The normalized spacial score (nSPS) is 21.4. The zero-order valence-corrected chi connectivity index (χ0v) is 11.6. The minimum absolute atomic E-state index is 0.0897. The molecular weight excluding hydrogens is 266 g/mol. The Labute approximate surface area is 117 Å². The van der Waals surface area contributed by atoms with Crippen LogP contribution in [0.4, 0.5) is 0 Å². The molecule has 0 spiro atoms. The molecule has 4 nitrogen and oxygen atoms in total. The third-order valence-electron chi connectivity index (χ3n) is 3.19. The van der Waals surface area contributed by atoms with Gasteiger partial charge in [-0.2, -0.15) is 0 Å². The lowest BCUT2D eigenvalue weighted by Crippen LogP contribution is -2.36. The number of aliphatic hydroxyl groups is 1. The van der Waals surface area contributed by atoms with Crippen LogP contribution in [-0.4, -0.2) is 23.7 Å². The number of amides is 1. The first-order chi connectivity index (χ1) is 9.08. The third kappa shape index (κ3) is 3.61. The highest BCUT2D eigenvalue weighted by Crippen LogP contribution is 2.29. The van der Waals surface area contributed by atoms with E-state index in [2.05, 4.69) is 5.32 Å². The van der Waals surface area contributed by atoms with E-state index in [1.54, 1.807) is 25.1 Å². The van der Waals surface area contributed by atoms with Crippen molar-refractivity contribution in [2.75, 3.05) is 6.54 Å². The van der Waals surface area contributed by atoms with E-state index in [9.17, 15) is 9.90 Å². The van der Waals surface area contributed by atoms with Gasteiger partial charge in [-0.15, -0.1) is 0 Å². The maximum Gasteiger partial charge on any atom is 0.261 e. The molecule has 1 saturated heterocycles. The fourth-order valence-corrected chi connectivity index (χ4v) is 2.28. The van der Waals surface area contributed by atoms with Crippen molar-refractivity contribution < 1.29 is 14.6 Å². The molecule has 1 amide bonds. The van der Waals surface area contributed by atoms with Crippen LogP contribution >= 0.6 is 11.6 Å². The number of carbonyl (C=O) groups is 1. The van der Waals surface area contributed by atoms with E-state index in [0.29, 0.717) is 23.7 Å². The maximum atomic E-state index is 11.8. The average molecular weight is 284 g/mol. The largest absolute Gasteiger partial charge is 0.479 e. The van der Waals surface area contributed by atoms with Crippen LogP contribution in [0.3, 0.4) is 0 Å². The van der Waals surface area contributed by atoms with E-state index in [-0.39, 0.29) is 5.91 Å². The fraction of sp³-hybridized carbons (Fsp3) is 0.500. The van der Waals surface area contributed by atoms with Gasteiger partial charge in [0, 0.05) is 6.54 Å². The van der Waals surface area contributed by atoms with Gasteiger partial charge in [-0.1, -0.05) is 17.7 Å². The number of ether oxygens (including phenoxy) is 1. The SMILES string of the molecule is C[C@@H](O)c1ccc(OC2CCCCNC2=O)c(Cl)c1. The lowest BCUT2D eigenvalue weighted by molar-refractivity contribution is -0.127. The van der Waals surface area contributed by atoms with E-state index >= 15 is 0 Å². The summed E-state index contributed by atoms with van der Waals surface area (Å²) in [6.45, 7) is 2.37. The second-order valence-electron chi connectivity index (χ2n) is 4.76. The first-order valence-corrected chi connectivity index (χ1v) is 6.87. The third-order valence-corrected chi connectivity index (χ3v) is 3.49. The highest BCUT2D eigenvalue weighted by molar-refractivity contribution is 6.32. The van der Waals surface area contributed by atoms with E-state index in [1.807, 2.05) is 0 Å². The van der Waals surface area contributed by atoms with Crippen molar-refractivity contribution in [1.29, 1.82) is 0 Å². The van der Waals surface area contributed by atoms with Crippen LogP contribution < -0.4 is 10.1 Å². The van der Waals surface area contributed by atoms with Gasteiger partial charge >= 0.3 is 0 Å². The highest BCUT2D eigenvalue weighted by atomic mass is 35.5. The Balaban J connectivity index is 2.11. The summed E-state index contributed by atoms with van der Waals surface area (Å²) in [4.78, 5) is 11.8. The van der Waals surface area contributed by atoms with Gasteiger partial charge in [0.05, 0.1) is 11.1 Å². The molecule has 2 rings (SSSR count). The topological polar surface area (TPSA) is 58.6 Å². The number of hydrogen-bond donors (Lipinski definition) is 2. The zero-order valence-electron chi connectivity index (χ0n) is 10.9. The smallest absolute Gasteiger partial charge is 0.261 e. The Hall–Kier alpha value is -1.26. The number of halogens is 1. The monoisotopic (exact) mass is 283 g/mol. The van der Waals surface area contributed by atoms with Crippen molar-refractivity contribution >= 4 is 17.5 Å². The van der Waals surface area contributed by atoms with E-state index < -0.39 is 12.2 Å². The van der Waals surface area contributed by atoms with E-state index in [4.69, 9.17) is 16.3 Å². The molecule has 1 aromatic rings. The predicted octanol–water partition coefficient (Wildman–Crippen LogP) is 2.44. The van der Waals surface area contributed by atoms with E-state index in [0.717, 1.165) is 18.4 Å². The molecule has 104 valence electrons. The van der Waals surface area contributed by atoms with Crippen LogP contribution in [0.15, 0.2) is 18.2 Å². The summed E-state index contributed by atoms with van der Waals surface area (Å²) in [6.07, 6.45) is 1.55. The van der Waals surface area contributed by atoms with Crippen LogP contribution in [0.25, 0.3) is 0 Å². The molecule has 1 heterocycles. The van der Waals surface area contributed by atoms with Crippen LogP contribution in [0.1, 0.15) is 37.9 Å². The van der Waals surface area contributed by atoms with Crippen LogP contribution in [0.2, 0.25) is 5.02 Å². The van der Waals surface area contributed by atoms with Crippen molar-refractivity contribution in [1.82, 2.24) is 5.32 Å². The van der Waals surface area contributed by atoms with Gasteiger partial charge in [-0.3, -0.25) is 4.79 Å². The quantitative estimate of drug-likeness (QED) is 0.896. The number of nitrogens with one attached hydrogen (secondary N) is 1. The highest BCUT2D eigenvalue weighted by Gasteiger charge is 2.23. The van der Waals surface area contributed by atoms with Gasteiger partial charge < -0.3 is 15.2 Å². The Morgan fingerprint density at radius 2 is 2.26 bits per heavy atom. The Kier molecular flexibility index (Phi) is 4.66. The van der Waals surface area contributed by atoms with Crippen LogP contribution in [0, 0.1) is 0 Å². The number of hydrogen-bond acceptors (Lipinski definition) is 3. The second kappa shape index (κ2) is 6.26. The Bertz CT molecular complexity index is 462. The lowest BCUT2D eigenvalue weighted by Gasteiger charge is -2.17. The number of carbonyl (C=O) groups excluding carboxylic acids is 1. The molecule has 0 aromatic heterocycles. The predicted molar refractivity (Wildman–Crippen MR) is 73.4 cm³/mol. The van der Waals surface area contributed by atoms with Crippen molar-refractivity contribution in [2.24, 2.45) is 0 Å². The van der Waals surface area contributed by atoms with Crippen molar-refractivity contribution in [3.8, 4) is 5.75 Å². The second-order valence-corrected chi connectivity index (χ2v) is 5.17. The van der Waals surface area contributed by atoms with Gasteiger partial charge in [0.2, 0.25) is 0 Å². The summed E-state index contributed by atoms with van der Waals surface area (Å²) in [6, 6.07) is 5.11. The first kappa shape index (κ1) is 14.2. The molecule has 1 aromatic carbocycles. The molecule has 0 radical (unpaired) electrons. The van der Waals surface area contributed by atoms with Crippen LogP contribution in [0.5, 0.6) is 5.75 Å². The van der Waals surface area contributed by atoms with Gasteiger partial charge in [0.25, 0.3) is 5.91 Å². The summed E-state index contributed by atoms with van der Waals surface area (Å²) in [5, 5.41) is 12.7. The molecule has 1 aliphatic heterocycles. The minimum atomic E-state index is -0.576. The van der Waals surface area contributed by atoms with Crippen molar-refractivity contribution in [3.63, 3.8) is 0 Å². The van der Waals surface area contributed by atoms with Gasteiger partial charge in [0.1, 0.15) is 5.75 Å². The standard InChI is InChI=1S/C14H18ClNO3/c1-9(17)10-5-6-12(11(15)8-10)19-13-4-2-3-7-16-14(13)18/h5-6,8-9,13,17H,2-4,7H2,1H3,(H,16,18)/t9-,13?/m1/s1. The maximum absolute atomic E-state index is 11.8. The molecule has 1 unspecified atom stereocenters. The van der Waals surface area contributed by atoms with Gasteiger partial charge in [0.15, 0.2) is 6.10 Å². The number of rotatable bonds is 3. The average Bonchev–Trinajstić information content (AvgIpc) is 2.57. The zero-order chi connectivity index (χ0) is 13.8. The van der Waals surface area contributed by atoms with Gasteiger partial charge in [-0.25, -0.2) is 0 Å². The molecule has 2 atom stereocenters. The number of benzene rings is 1. The van der Waals surface area contributed by atoms with Crippen LogP contribution in [-0.2, 0) is 4.79 Å². The summed E-state index contributed by atoms with van der Waals surface area (Å²) in [7, 11) is 0. The van der Waals surface area contributed by atoms with Crippen molar-refractivity contribution in [3.05, 3.63) is 28.8 Å².